The van der Waals surface area contributed by atoms with Gasteiger partial charge in [-0.05, 0) is 64.2 Å². The first kappa shape index (κ1) is 22.6. The lowest BCUT2D eigenvalue weighted by atomic mass is 9.76. The number of rotatable bonds is 2. The average Bonchev–Trinajstić information content (AvgIpc) is 3.17. The Balaban J connectivity index is 1.51. The number of methoxy groups -OCH3 is 1. The fourth-order valence-corrected chi connectivity index (χ4v) is 8.42. The van der Waals surface area contributed by atoms with Crippen molar-refractivity contribution < 1.29 is 14.4 Å². The molecule has 0 aromatic heterocycles. The summed E-state index contributed by atoms with van der Waals surface area (Å²) < 4.78 is 8.44. The highest BCUT2D eigenvalue weighted by molar-refractivity contribution is 6.12. The van der Waals surface area contributed by atoms with Gasteiger partial charge in [-0.15, -0.1) is 0 Å². The third-order valence-corrected chi connectivity index (χ3v) is 10.5. The van der Waals surface area contributed by atoms with E-state index in [-0.39, 0.29) is 17.9 Å². The number of ether oxygens (including phenoxy) is 1. The van der Waals surface area contributed by atoms with Crippen molar-refractivity contribution in [3.8, 4) is 0 Å². The van der Waals surface area contributed by atoms with E-state index in [0.717, 1.165) is 12.3 Å². The van der Waals surface area contributed by atoms with Crippen molar-refractivity contribution in [3.63, 3.8) is 0 Å². The Bertz CT molecular complexity index is 1780. The first-order valence-corrected chi connectivity index (χ1v) is 13.8. The number of hydrogen-bond acceptors (Lipinski definition) is 3. The summed E-state index contributed by atoms with van der Waals surface area (Å²) >= 11 is 0. The molecule has 2 aliphatic carbocycles. The van der Waals surface area contributed by atoms with Crippen LogP contribution in [0.25, 0.3) is 21.5 Å². The monoisotopic (exact) mass is 501 g/mol. The zero-order valence-corrected chi connectivity index (χ0v) is 22.6. The van der Waals surface area contributed by atoms with Gasteiger partial charge in [0.2, 0.25) is 5.79 Å². The summed E-state index contributed by atoms with van der Waals surface area (Å²) in [6.45, 7) is 8.78. The molecule has 2 aliphatic heterocycles. The lowest BCUT2D eigenvalue weighted by molar-refractivity contribution is -0.502. The van der Waals surface area contributed by atoms with Crippen molar-refractivity contribution >= 4 is 33.1 Å². The molecule has 4 aromatic carbocycles. The van der Waals surface area contributed by atoms with Crippen LogP contribution in [0, 0.1) is 5.92 Å². The van der Waals surface area contributed by atoms with Crippen LogP contribution in [0.15, 0.2) is 77.8 Å². The summed E-state index contributed by atoms with van der Waals surface area (Å²) in [5.41, 5.74) is 5.17. The molecular formula is C34H33N2O2+. The van der Waals surface area contributed by atoms with Crippen molar-refractivity contribution in [2.75, 3.05) is 7.11 Å². The van der Waals surface area contributed by atoms with E-state index in [4.69, 9.17) is 9.73 Å². The van der Waals surface area contributed by atoms with Crippen LogP contribution in [0.5, 0.6) is 0 Å². The molecule has 4 nitrogen and oxygen atoms in total. The van der Waals surface area contributed by atoms with E-state index >= 15 is 0 Å². The quantitative estimate of drug-likeness (QED) is 0.273. The molecule has 5 unspecified atom stereocenters. The second kappa shape index (κ2) is 6.99. The molecule has 8 rings (SSSR count). The van der Waals surface area contributed by atoms with Crippen molar-refractivity contribution in [2.45, 2.75) is 62.8 Å². The third-order valence-electron chi connectivity index (χ3n) is 10.5. The molecule has 2 heterocycles. The van der Waals surface area contributed by atoms with Crippen LogP contribution in [-0.4, -0.2) is 45.7 Å². The van der Waals surface area contributed by atoms with Crippen LogP contribution >= 0.6 is 0 Å². The SMILES string of the molecule is COC1(O)C2(C)c3cc4ccccc4cc3C3=[N+](C(C(C)C)=NC4Cc5c(ccc6ccccc56)C34)C12C. The van der Waals surface area contributed by atoms with Crippen molar-refractivity contribution in [1.82, 2.24) is 0 Å². The molecule has 4 aliphatic rings. The van der Waals surface area contributed by atoms with Gasteiger partial charge in [-0.3, -0.25) is 0 Å². The summed E-state index contributed by atoms with van der Waals surface area (Å²) in [6.07, 6.45) is 0.931. The maximum Gasteiger partial charge on any atom is 0.296 e. The fourth-order valence-electron chi connectivity index (χ4n) is 8.42. The van der Waals surface area contributed by atoms with Gasteiger partial charge < -0.3 is 9.84 Å². The minimum Gasteiger partial charge on any atom is -0.361 e. The Morgan fingerprint density at radius 2 is 1.63 bits per heavy atom. The number of hydrogen-bond donors (Lipinski definition) is 1. The van der Waals surface area contributed by atoms with Crippen LogP contribution < -0.4 is 0 Å². The highest BCUT2D eigenvalue weighted by Crippen LogP contribution is 2.71. The summed E-state index contributed by atoms with van der Waals surface area (Å²) in [5.74, 6) is 0.0434. The Labute approximate surface area is 223 Å². The third kappa shape index (κ3) is 2.29. The van der Waals surface area contributed by atoms with E-state index < -0.39 is 16.7 Å². The molecule has 1 saturated carbocycles. The van der Waals surface area contributed by atoms with E-state index in [9.17, 15) is 5.11 Å². The standard InChI is InChI=1S/C34H33N2O2/c1-19(2)31-35-28-18-25-23-13-9-8-10-20(23)14-15-24(25)29(28)30-26-16-21-11-6-7-12-22(21)17-27(26)32(3)33(4,36(30)31)34(32,37)38-5/h6-17,19,28-29,37H,18H2,1-5H3/q+1. The predicted molar refractivity (Wildman–Crippen MR) is 152 cm³/mol. The van der Waals surface area contributed by atoms with Crippen molar-refractivity contribution in [1.29, 1.82) is 0 Å². The number of nitrogens with zero attached hydrogens (tertiary/aromatic N) is 2. The topological polar surface area (TPSA) is 44.8 Å². The van der Waals surface area contributed by atoms with Gasteiger partial charge in [-0.25, -0.2) is 4.58 Å². The van der Waals surface area contributed by atoms with E-state index in [1.807, 2.05) is 0 Å². The van der Waals surface area contributed by atoms with Gasteiger partial charge in [0.15, 0.2) is 11.6 Å². The van der Waals surface area contributed by atoms with Crippen LogP contribution in [0.4, 0.5) is 0 Å². The molecule has 38 heavy (non-hydrogen) atoms. The number of fused-ring (bicyclic) bond motifs is 12. The van der Waals surface area contributed by atoms with Crippen LogP contribution in [0.3, 0.4) is 0 Å². The van der Waals surface area contributed by atoms with Crippen LogP contribution in [0.2, 0.25) is 0 Å². The Morgan fingerprint density at radius 1 is 0.947 bits per heavy atom. The average molecular weight is 502 g/mol. The maximum atomic E-state index is 12.2. The van der Waals surface area contributed by atoms with E-state index in [1.54, 1.807) is 7.11 Å². The second-order valence-corrected chi connectivity index (χ2v) is 12.3. The lowest BCUT2D eigenvalue weighted by Crippen LogP contribution is -2.53. The smallest absolute Gasteiger partial charge is 0.296 e. The molecule has 0 spiro atoms. The van der Waals surface area contributed by atoms with Gasteiger partial charge in [-0.1, -0.05) is 79.5 Å². The normalized spacial score (nSPS) is 32.6. The molecule has 1 N–H and O–H groups in total. The second-order valence-electron chi connectivity index (χ2n) is 12.3. The minimum atomic E-state index is -1.34. The molecule has 0 amide bonds. The first-order valence-electron chi connectivity index (χ1n) is 13.8. The molecule has 4 heteroatoms. The van der Waals surface area contributed by atoms with Crippen molar-refractivity contribution in [2.24, 2.45) is 10.9 Å². The zero-order chi connectivity index (χ0) is 26.2. The van der Waals surface area contributed by atoms with E-state index in [2.05, 4.69) is 105 Å². The van der Waals surface area contributed by atoms with Gasteiger partial charge in [0.25, 0.3) is 5.84 Å². The Hall–Kier alpha value is -3.34. The Kier molecular flexibility index (Phi) is 4.16. The van der Waals surface area contributed by atoms with E-state index in [1.165, 1.54) is 49.5 Å². The molecule has 0 saturated heterocycles. The summed E-state index contributed by atoms with van der Waals surface area (Å²) in [5, 5.41) is 17.2. The van der Waals surface area contributed by atoms with Gasteiger partial charge in [0.05, 0.1) is 11.8 Å². The molecule has 1 fully saturated rings. The zero-order valence-electron chi connectivity index (χ0n) is 22.6. The van der Waals surface area contributed by atoms with Crippen molar-refractivity contribution in [3.05, 3.63) is 95.1 Å². The molecule has 0 bridgehead atoms. The number of aliphatic hydroxyl groups is 1. The van der Waals surface area contributed by atoms with Gasteiger partial charge in [0.1, 0.15) is 11.1 Å². The van der Waals surface area contributed by atoms with Gasteiger partial charge in [0, 0.05) is 19.1 Å². The summed E-state index contributed by atoms with van der Waals surface area (Å²) in [4.78, 5) is 5.49. The maximum absolute atomic E-state index is 12.2. The largest absolute Gasteiger partial charge is 0.361 e. The fraction of sp³-hybridized carbons (Fsp3) is 0.353. The summed E-state index contributed by atoms with van der Waals surface area (Å²) in [6, 6.07) is 26.7. The van der Waals surface area contributed by atoms with Gasteiger partial charge in [-0.2, -0.15) is 0 Å². The lowest BCUT2D eigenvalue weighted by Gasteiger charge is -2.35. The van der Waals surface area contributed by atoms with Crippen LogP contribution in [0.1, 0.15) is 55.9 Å². The van der Waals surface area contributed by atoms with Gasteiger partial charge >= 0.3 is 0 Å². The van der Waals surface area contributed by atoms with Crippen LogP contribution in [-0.2, 0) is 16.6 Å². The number of aliphatic imine (C=N–C) groups is 1. The highest BCUT2D eigenvalue weighted by Gasteiger charge is 2.92. The Morgan fingerprint density at radius 3 is 2.34 bits per heavy atom. The highest BCUT2D eigenvalue weighted by atomic mass is 16.6. The minimum absolute atomic E-state index is 0.125. The molecule has 0 radical (unpaired) electrons. The van der Waals surface area contributed by atoms with E-state index in [0.29, 0.717) is 0 Å². The molecule has 190 valence electrons. The summed E-state index contributed by atoms with van der Waals surface area (Å²) in [7, 11) is 1.64. The molecule has 4 aromatic rings. The molecular weight excluding hydrogens is 468 g/mol. The molecule has 5 atom stereocenters. The first-order chi connectivity index (χ1) is 18.3. The number of benzene rings is 4. The number of amidine groups is 1. The predicted octanol–water partition coefficient (Wildman–Crippen LogP) is 5.95.